The van der Waals surface area contributed by atoms with Crippen LogP contribution in [0.2, 0.25) is 0 Å². The van der Waals surface area contributed by atoms with Crippen LogP contribution < -0.4 is 5.32 Å². The van der Waals surface area contributed by atoms with E-state index in [2.05, 4.69) is 20.5 Å². The van der Waals surface area contributed by atoms with Crippen LogP contribution in [0.1, 0.15) is 22.1 Å². The number of aromatic nitrogens is 3. The molecule has 2 aromatic rings. The maximum atomic E-state index is 12.1. The molecule has 1 aliphatic rings. The maximum Gasteiger partial charge on any atom is 0.249 e. The summed E-state index contributed by atoms with van der Waals surface area (Å²) in [6, 6.07) is 4.09. The summed E-state index contributed by atoms with van der Waals surface area (Å²) in [6.07, 6.45) is 1.82. The number of thiophene rings is 1. The highest BCUT2D eigenvalue weighted by Gasteiger charge is 2.45. The molecule has 2 N–H and O–H groups in total. The second-order valence-electron chi connectivity index (χ2n) is 5.12. The zero-order chi connectivity index (χ0) is 15.2. The molecule has 2 aromatic heterocycles. The molecule has 0 unspecified atom stereocenters. The lowest BCUT2D eigenvalue weighted by atomic mass is 10.2. The van der Waals surface area contributed by atoms with E-state index in [0.717, 1.165) is 12.7 Å². The lowest BCUT2D eigenvalue weighted by Crippen LogP contribution is -2.15. The first-order valence-electron chi connectivity index (χ1n) is 6.34. The Morgan fingerprint density at radius 3 is 2.81 bits per heavy atom. The number of H-pyrrole nitrogens is 1. The fourth-order valence-electron chi connectivity index (χ4n) is 2.12. The van der Waals surface area contributed by atoms with Crippen LogP contribution in [0.3, 0.4) is 0 Å². The number of aryl methyl sites for hydroxylation is 1. The molecule has 112 valence electrons. The average Bonchev–Trinajstić information content (AvgIpc) is 2.83. The summed E-state index contributed by atoms with van der Waals surface area (Å²) >= 11 is 1.70. The van der Waals surface area contributed by atoms with Crippen LogP contribution in [0, 0.1) is 12.8 Å². The monoisotopic (exact) mass is 326 g/mol. The molecule has 1 fully saturated rings. The number of carbonyl (C=O) groups is 1. The van der Waals surface area contributed by atoms with Crippen LogP contribution in [0.4, 0.5) is 5.95 Å². The van der Waals surface area contributed by atoms with Crippen molar-refractivity contribution in [2.24, 2.45) is 5.92 Å². The molecular weight excluding hydrogens is 312 g/mol. The Morgan fingerprint density at radius 2 is 2.24 bits per heavy atom. The molecule has 0 spiro atoms. The first-order valence-corrected chi connectivity index (χ1v) is 9.05. The Morgan fingerprint density at radius 1 is 1.48 bits per heavy atom. The second kappa shape index (κ2) is 4.92. The highest BCUT2D eigenvalue weighted by atomic mass is 32.2. The number of carbonyl (C=O) groups excluding carboxylic acids is 1. The number of rotatable bonds is 4. The van der Waals surface area contributed by atoms with Crippen molar-refractivity contribution in [2.45, 2.75) is 24.4 Å². The third-order valence-corrected chi connectivity index (χ3v) is 5.32. The minimum Gasteiger partial charge on any atom is -0.293 e. The number of amides is 1. The number of hydrogen-bond acceptors (Lipinski definition) is 6. The molecule has 3 rings (SSSR count). The number of nitrogens with one attached hydrogen (secondary N) is 2. The van der Waals surface area contributed by atoms with Gasteiger partial charge in [-0.2, -0.15) is 4.98 Å². The molecule has 0 bridgehead atoms. The zero-order valence-electron chi connectivity index (χ0n) is 11.5. The van der Waals surface area contributed by atoms with Gasteiger partial charge >= 0.3 is 0 Å². The molecule has 7 nitrogen and oxygen atoms in total. The van der Waals surface area contributed by atoms with Crippen LogP contribution in [0.25, 0.3) is 0 Å². The lowest BCUT2D eigenvalue weighted by molar-refractivity contribution is -0.117. The molecule has 1 aliphatic carbocycles. The Balaban J connectivity index is 1.64. The van der Waals surface area contributed by atoms with Gasteiger partial charge in [0.25, 0.3) is 0 Å². The van der Waals surface area contributed by atoms with Crippen molar-refractivity contribution in [2.75, 3.05) is 11.6 Å². The van der Waals surface area contributed by atoms with Crippen molar-refractivity contribution in [1.82, 2.24) is 15.2 Å². The maximum absolute atomic E-state index is 12.1. The van der Waals surface area contributed by atoms with Crippen molar-refractivity contribution in [1.29, 1.82) is 0 Å². The Bertz CT molecular complexity index is 793. The molecule has 2 heterocycles. The zero-order valence-corrected chi connectivity index (χ0v) is 13.1. The minimum absolute atomic E-state index is 0.00608. The van der Waals surface area contributed by atoms with Gasteiger partial charge in [-0.25, -0.2) is 13.5 Å². The predicted molar refractivity (Wildman–Crippen MR) is 78.0 cm³/mol. The third kappa shape index (κ3) is 2.98. The van der Waals surface area contributed by atoms with Gasteiger partial charge in [0.1, 0.15) is 0 Å². The van der Waals surface area contributed by atoms with Gasteiger partial charge in [0.15, 0.2) is 0 Å². The van der Waals surface area contributed by atoms with Crippen molar-refractivity contribution < 1.29 is 13.2 Å². The van der Waals surface area contributed by atoms with E-state index in [1.165, 1.54) is 9.75 Å². The first-order chi connectivity index (χ1) is 9.84. The Labute approximate surface area is 125 Å². The molecule has 9 heteroatoms. The molecule has 1 saturated carbocycles. The predicted octanol–water partition coefficient (Wildman–Crippen LogP) is 1.32. The number of hydrogen-bond donors (Lipinski definition) is 2. The van der Waals surface area contributed by atoms with E-state index < -0.39 is 9.84 Å². The van der Waals surface area contributed by atoms with Gasteiger partial charge in [-0.3, -0.25) is 10.1 Å². The molecule has 0 saturated heterocycles. The van der Waals surface area contributed by atoms with Crippen LogP contribution in [0.15, 0.2) is 17.3 Å². The number of aromatic amines is 1. The molecule has 0 aromatic carbocycles. The summed E-state index contributed by atoms with van der Waals surface area (Å²) in [5.41, 5.74) is 0. The van der Waals surface area contributed by atoms with E-state index in [4.69, 9.17) is 0 Å². The first kappa shape index (κ1) is 14.2. The van der Waals surface area contributed by atoms with E-state index in [1.807, 2.05) is 19.1 Å². The molecule has 21 heavy (non-hydrogen) atoms. The van der Waals surface area contributed by atoms with Gasteiger partial charge < -0.3 is 0 Å². The van der Waals surface area contributed by atoms with Crippen LogP contribution in [0.5, 0.6) is 0 Å². The van der Waals surface area contributed by atoms with Gasteiger partial charge in [-0.15, -0.1) is 16.4 Å². The number of nitrogens with zero attached hydrogens (tertiary/aromatic N) is 2. The lowest BCUT2D eigenvalue weighted by Gasteiger charge is -1.98. The fraction of sp³-hybridized carbons (Fsp3) is 0.417. The summed E-state index contributed by atoms with van der Waals surface area (Å²) in [6.45, 7) is 2.03. The molecule has 0 aliphatic heterocycles. The van der Waals surface area contributed by atoms with Crippen molar-refractivity contribution >= 4 is 33.0 Å². The summed E-state index contributed by atoms with van der Waals surface area (Å²) in [5.74, 6) is -0.0289. The Kier molecular flexibility index (Phi) is 3.33. The molecule has 2 atom stereocenters. The second-order valence-corrected chi connectivity index (χ2v) is 8.37. The van der Waals surface area contributed by atoms with Gasteiger partial charge in [-0.05, 0) is 25.5 Å². The molecule has 0 radical (unpaired) electrons. The quantitative estimate of drug-likeness (QED) is 0.881. The SMILES string of the molecule is Cc1ccc([C@H]2C[C@H]2C(=O)Nc2n[nH]c(S(C)(=O)=O)n2)s1. The van der Waals surface area contributed by atoms with Crippen molar-refractivity contribution in [3.8, 4) is 0 Å². The van der Waals surface area contributed by atoms with Crippen molar-refractivity contribution in [3.63, 3.8) is 0 Å². The van der Waals surface area contributed by atoms with E-state index >= 15 is 0 Å². The van der Waals surface area contributed by atoms with Crippen LogP contribution >= 0.6 is 11.3 Å². The van der Waals surface area contributed by atoms with E-state index in [-0.39, 0.29) is 28.8 Å². The van der Waals surface area contributed by atoms with Gasteiger partial charge in [0.05, 0.1) is 0 Å². The topological polar surface area (TPSA) is 105 Å². The van der Waals surface area contributed by atoms with Gasteiger partial charge in [0.2, 0.25) is 26.8 Å². The largest absolute Gasteiger partial charge is 0.293 e. The average molecular weight is 326 g/mol. The fourth-order valence-corrected chi connectivity index (χ4v) is 3.64. The van der Waals surface area contributed by atoms with E-state index in [9.17, 15) is 13.2 Å². The summed E-state index contributed by atoms with van der Waals surface area (Å²) in [4.78, 5) is 18.3. The van der Waals surface area contributed by atoms with E-state index in [0.29, 0.717) is 0 Å². The van der Waals surface area contributed by atoms with Crippen LogP contribution in [-0.2, 0) is 14.6 Å². The standard InChI is InChI=1S/C12H14N4O3S2/c1-6-3-4-9(20-6)7-5-8(7)10(17)13-11-14-12(16-15-11)21(2,18)19/h3-4,7-8H,5H2,1-2H3,(H2,13,14,15,16,17)/t7-,8+/m0/s1. The van der Waals surface area contributed by atoms with Gasteiger partial charge in [0, 0.05) is 27.8 Å². The minimum atomic E-state index is -3.45. The molecular formula is C12H14N4O3S2. The third-order valence-electron chi connectivity index (χ3n) is 3.30. The summed E-state index contributed by atoms with van der Waals surface area (Å²) in [5, 5.41) is 8.28. The highest BCUT2D eigenvalue weighted by Crippen LogP contribution is 2.50. The Hall–Kier alpha value is -1.74. The molecule has 1 amide bonds. The van der Waals surface area contributed by atoms with Crippen molar-refractivity contribution in [3.05, 3.63) is 21.9 Å². The highest BCUT2D eigenvalue weighted by molar-refractivity contribution is 7.90. The van der Waals surface area contributed by atoms with Crippen LogP contribution in [-0.4, -0.2) is 35.8 Å². The normalized spacial score (nSPS) is 21.2. The summed E-state index contributed by atoms with van der Waals surface area (Å²) in [7, 11) is -3.45. The smallest absolute Gasteiger partial charge is 0.249 e. The number of sulfone groups is 1. The number of anilines is 1. The van der Waals surface area contributed by atoms with Gasteiger partial charge in [-0.1, -0.05) is 0 Å². The van der Waals surface area contributed by atoms with E-state index in [1.54, 1.807) is 11.3 Å². The summed E-state index contributed by atoms with van der Waals surface area (Å²) < 4.78 is 22.5.